The predicted octanol–water partition coefficient (Wildman–Crippen LogP) is 3.94. The highest BCUT2D eigenvalue weighted by Crippen LogP contribution is 2.25. The highest BCUT2D eigenvalue weighted by atomic mass is 16.5. The third kappa shape index (κ3) is 4.88. The molecule has 2 aromatic carbocycles. The SMILES string of the molecule is COc1ccc(OCCCCOc2ccccc2OC)cc1. The topological polar surface area (TPSA) is 36.9 Å². The molecular weight excluding hydrogens is 280 g/mol. The number of para-hydroxylation sites is 2. The Labute approximate surface area is 131 Å². The van der Waals surface area contributed by atoms with Crippen LogP contribution in [0.5, 0.6) is 23.0 Å². The van der Waals surface area contributed by atoms with Crippen LogP contribution in [0.1, 0.15) is 12.8 Å². The van der Waals surface area contributed by atoms with Gasteiger partial charge in [-0.15, -0.1) is 0 Å². The molecule has 0 radical (unpaired) electrons. The first-order valence-corrected chi connectivity index (χ1v) is 7.36. The van der Waals surface area contributed by atoms with Gasteiger partial charge in [0.1, 0.15) is 11.5 Å². The van der Waals surface area contributed by atoms with Gasteiger partial charge in [0.25, 0.3) is 0 Å². The quantitative estimate of drug-likeness (QED) is 0.657. The maximum absolute atomic E-state index is 5.71. The van der Waals surface area contributed by atoms with Gasteiger partial charge in [0.05, 0.1) is 27.4 Å². The summed E-state index contributed by atoms with van der Waals surface area (Å²) in [6.07, 6.45) is 1.86. The van der Waals surface area contributed by atoms with Crippen molar-refractivity contribution in [3.05, 3.63) is 48.5 Å². The molecule has 2 rings (SSSR count). The van der Waals surface area contributed by atoms with Gasteiger partial charge in [-0.05, 0) is 49.2 Å². The van der Waals surface area contributed by atoms with Crippen LogP contribution >= 0.6 is 0 Å². The van der Waals surface area contributed by atoms with Crippen molar-refractivity contribution in [3.8, 4) is 23.0 Å². The molecule has 118 valence electrons. The van der Waals surface area contributed by atoms with Gasteiger partial charge in [-0.2, -0.15) is 0 Å². The first-order chi connectivity index (χ1) is 10.8. The van der Waals surface area contributed by atoms with Crippen molar-refractivity contribution >= 4 is 0 Å². The number of hydrogen-bond donors (Lipinski definition) is 0. The first kappa shape index (κ1) is 16.0. The summed E-state index contributed by atoms with van der Waals surface area (Å²) >= 11 is 0. The van der Waals surface area contributed by atoms with Crippen LogP contribution in [0.15, 0.2) is 48.5 Å². The van der Waals surface area contributed by atoms with Crippen LogP contribution in [0.25, 0.3) is 0 Å². The summed E-state index contributed by atoms with van der Waals surface area (Å²) in [5.41, 5.74) is 0. The van der Waals surface area contributed by atoms with E-state index in [4.69, 9.17) is 18.9 Å². The molecule has 0 bridgehead atoms. The molecule has 0 aliphatic carbocycles. The van der Waals surface area contributed by atoms with Gasteiger partial charge in [-0.3, -0.25) is 0 Å². The number of unbranched alkanes of at least 4 members (excludes halogenated alkanes) is 1. The van der Waals surface area contributed by atoms with Crippen molar-refractivity contribution < 1.29 is 18.9 Å². The van der Waals surface area contributed by atoms with Gasteiger partial charge in [0.15, 0.2) is 11.5 Å². The van der Waals surface area contributed by atoms with E-state index in [0.29, 0.717) is 13.2 Å². The van der Waals surface area contributed by atoms with Crippen LogP contribution in [0.3, 0.4) is 0 Å². The molecule has 0 fully saturated rings. The number of methoxy groups -OCH3 is 2. The van der Waals surface area contributed by atoms with Crippen LogP contribution in [-0.4, -0.2) is 27.4 Å². The molecule has 22 heavy (non-hydrogen) atoms. The van der Waals surface area contributed by atoms with Gasteiger partial charge in [-0.25, -0.2) is 0 Å². The number of hydrogen-bond acceptors (Lipinski definition) is 4. The van der Waals surface area contributed by atoms with E-state index in [2.05, 4.69) is 0 Å². The molecule has 0 heterocycles. The molecule has 0 spiro atoms. The fraction of sp³-hybridized carbons (Fsp3) is 0.333. The van der Waals surface area contributed by atoms with Crippen molar-refractivity contribution in [3.63, 3.8) is 0 Å². The monoisotopic (exact) mass is 302 g/mol. The molecular formula is C18H22O4. The average Bonchev–Trinajstić information content (AvgIpc) is 2.58. The maximum atomic E-state index is 5.71. The Morgan fingerprint density at radius 3 is 1.86 bits per heavy atom. The Bertz CT molecular complexity index is 551. The van der Waals surface area contributed by atoms with Crippen LogP contribution < -0.4 is 18.9 Å². The van der Waals surface area contributed by atoms with Crippen molar-refractivity contribution in [2.45, 2.75) is 12.8 Å². The number of rotatable bonds is 9. The van der Waals surface area contributed by atoms with E-state index in [9.17, 15) is 0 Å². The first-order valence-electron chi connectivity index (χ1n) is 7.36. The zero-order chi connectivity index (χ0) is 15.6. The lowest BCUT2D eigenvalue weighted by atomic mass is 10.3. The van der Waals surface area contributed by atoms with E-state index in [-0.39, 0.29) is 0 Å². The van der Waals surface area contributed by atoms with Gasteiger partial charge in [0, 0.05) is 0 Å². The van der Waals surface area contributed by atoms with E-state index < -0.39 is 0 Å². The van der Waals surface area contributed by atoms with Crippen molar-refractivity contribution in [2.75, 3.05) is 27.4 Å². The number of ether oxygens (including phenoxy) is 4. The van der Waals surface area contributed by atoms with E-state index in [1.54, 1.807) is 14.2 Å². The normalized spacial score (nSPS) is 10.1. The average molecular weight is 302 g/mol. The van der Waals surface area contributed by atoms with E-state index >= 15 is 0 Å². The van der Waals surface area contributed by atoms with Crippen LogP contribution in [0.4, 0.5) is 0 Å². The Morgan fingerprint density at radius 2 is 1.23 bits per heavy atom. The zero-order valence-corrected chi connectivity index (χ0v) is 13.1. The van der Waals surface area contributed by atoms with Gasteiger partial charge in [-0.1, -0.05) is 12.1 Å². The molecule has 0 aliphatic heterocycles. The molecule has 0 atom stereocenters. The third-order valence-electron chi connectivity index (χ3n) is 3.19. The Kier molecular flexibility index (Phi) is 6.42. The molecule has 4 nitrogen and oxygen atoms in total. The standard InChI is InChI=1S/C18H22O4/c1-19-15-9-11-16(12-10-15)21-13-5-6-14-22-18-8-4-3-7-17(18)20-2/h3-4,7-12H,5-6,13-14H2,1-2H3. The summed E-state index contributed by atoms with van der Waals surface area (Å²) in [4.78, 5) is 0. The molecule has 0 aromatic heterocycles. The van der Waals surface area contributed by atoms with E-state index in [1.807, 2.05) is 48.5 Å². The molecule has 0 N–H and O–H groups in total. The zero-order valence-electron chi connectivity index (χ0n) is 13.1. The van der Waals surface area contributed by atoms with Crippen molar-refractivity contribution in [1.29, 1.82) is 0 Å². The summed E-state index contributed by atoms with van der Waals surface area (Å²) in [7, 11) is 3.29. The summed E-state index contributed by atoms with van der Waals surface area (Å²) < 4.78 is 21.7. The van der Waals surface area contributed by atoms with Crippen molar-refractivity contribution in [2.24, 2.45) is 0 Å². The van der Waals surface area contributed by atoms with Gasteiger partial charge in [0.2, 0.25) is 0 Å². The minimum absolute atomic E-state index is 0.645. The molecule has 4 heteroatoms. The predicted molar refractivity (Wildman–Crippen MR) is 86.2 cm³/mol. The summed E-state index contributed by atoms with van der Waals surface area (Å²) in [5.74, 6) is 3.22. The van der Waals surface area contributed by atoms with Crippen LogP contribution in [-0.2, 0) is 0 Å². The van der Waals surface area contributed by atoms with Gasteiger partial charge < -0.3 is 18.9 Å². The second-order valence-corrected chi connectivity index (χ2v) is 4.73. The summed E-state index contributed by atoms with van der Waals surface area (Å²) in [6, 6.07) is 15.3. The molecule has 2 aromatic rings. The van der Waals surface area contributed by atoms with Crippen LogP contribution in [0, 0.1) is 0 Å². The molecule has 0 aliphatic rings. The van der Waals surface area contributed by atoms with E-state index in [1.165, 1.54) is 0 Å². The second kappa shape index (κ2) is 8.82. The Hall–Kier alpha value is -2.36. The fourth-order valence-corrected chi connectivity index (χ4v) is 1.99. The van der Waals surface area contributed by atoms with Crippen molar-refractivity contribution in [1.82, 2.24) is 0 Å². The maximum Gasteiger partial charge on any atom is 0.161 e. The molecule has 0 unspecified atom stereocenters. The second-order valence-electron chi connectivity index (χ2n) is 4.73. The molecule has 0 amide bonds. The third-order valence-corrected chi connectivity index (χ3v) is 3.19. The minimum atomic E-state index is 0.645. The van der Waals surface area contributed by atoms with Crippen LogP contribution in [0.2, 0.25) is 0 Å². The highest BCUT2D eigenvalue weighted by molar-refractivity contribution is 5.39. The summed E-state index contributed by atoms with van der Waals surface area (Å²) in [5, 5.41) is 0. The Morgan fingerprint density at radius 1 is 0.636 bits per heavy atom. The highest BCUT2D eigenvalue weighted by Gasteiger charge is 2.02. The van der Waals surface area contributed by atoms with Gasteiger partial charge >= 0.3 is 0 Å². The lowest BCUT2D eigenvalue weighted by Crippen LogP contribution is -2.03. The molecule has 0 saturated carbocycles. The fourth-order valence-electron chi connectivity index (χ4n) is 1.99. The lowest BCUT2D eigenvalue weighted by molar-refractivity contribution is 0.258. The lowest BCUT2D eigenvalue weighted by Gasteiger charge is -2.10. The number of benzene rings is 2. The smallest absolute Gasteiger partial charge is 0.161 e. The Balaban J connectivity index is 1.63. The molecule has 0 saturated heterocycles. The summed E-state index contributed by atoms with van der Waals surface area (Å²) in [6.45, 7) is 1.31. The largest absolute Gasteiger partial charge is 0.497 e. The van der Waals surface area contributed by atoms with E-state index in [0.717, 1.165) is 35.8 Å². The minimum Gasteiger partial charge on any atom is -0.497 e.